The number of oxime groups is 1. The highest BCUT2D eigenvalue weighted by Crippen LogP contribution is 2.41. The molecular formula is C20H19N9O7S3. The lowest BCUT2D eigenvalue weighted by Crippen LogP contribution is -2.71. The molecule has 1 fully saturated rings. The average molecular weight is 594 g/mol. The number of hydrogen-bond donors (Lipinski definition) is 3. The van der Waals surface area contributed by atoms with Crippen LogP contribution in [0.15, 0.2) is 27.0 Å². The number of carboxylic acid groups (broad SMARTS) is 1. The van der Waals surface area contributed by atoms with E-state index in [1.54, 1.807) is 0 Å². The van der Waals surface area contributed by atoms with Crippen molar-refractivity contribution in [3.05, 3.63) is 22.3 Å². The summed E-state index contributed by atoms with van der Waals surface area (Å²) in [5.74, 6) is -0.632. The van der Waals surface area contributed by atoms with Crippen LogP contribution in [-0.2, 0) is 35.3 Å². The number of amides is 2. The van der Waals surface area contributed by atoms with Crippen LogP contribution >= 0.6 is 34.9 Å². The third kappa shape index (κ3) is 5.97. The molecule has 2 aromatic heterocycles. The van der Waals surface area contributed by atoms with E-state index in [0.29, 0.717) is 5.57 Å². The molecule has 1 unspecified atom stereocenters. The van der Waals surface area contributed by atoms with Crippen LogP contribution < -0.4 is 11.1 Å². The second kappa shape index (κ2) is 12.1. The van der Waals surface area contributed by atoms with Crippen LogP contribution in [0.1, 0.15) is 5.69 Å². The van der Waals surface area contributed by atoms with E-state index in [4.69, 9.17) is 17.0 Å². The van der Waals surface area contributed by atoms with Gasteiger partial charge in [-0.3, -0.25) is 19.3 Å². The van der Waals surface area contributed by atoms with Crippen molar-refractivity contribution in [2.45, 2.75) is 23.1 Å². The van der Waals surface area contributed by atoms with Gasteiger partial charge in [-0.15, -0.1) is 34.6 Å². The molecule has 1 saturated heterocycles. The Hall–Kier alpha value is -4.15. The summed E-state index contributed by atoms with van der Waals surface area (Å²) in [5, 5.41) is 28.6. The molecule has 2 aromatic rings. The number of aliphatic carboxylic acids is 1. The number of ether oxygens (including phenoxy) is 1. The molecule has 0 saturated carbocycles. The number of fused-ring (bicyclic) bond motifs is 1. The molecule has 0 aromatic carbocycles. The second-order valence-corrected chi connectivity index (χ2v) is 10.5. The molecule has 4 N–H and O–H groups in total. The van der Waals surface area contributed by atoms with Crippen LogP contribution in [0.3, 0.4) is 0 Å². The normalized spacial score (nSPS) is 18.6. The molecular weight excluding hydrogens is 574 g/mol. The fourth-order valence-corrected chi connectivity index (χ4v) is 6.39. The maximum Gasteiger partial charge on any atom is 0.352 e. The molecule has 2 aliphatic rings. The minimum absolute atomic E-state index is 0.131. The number of terminal acetylenes is 1. The standard InChI is InChI=1S/C20H19N9O7S3/c1-3-4-36-25-12(10-8-38-19(21)22-10)15(31)23-13-16(32)29-14(18(33)34)9(6-37-17(13)29)7-39-20-24-26-27-28(20)5-11(30)35-2/h1,8,13,17H,4-7H2,2H3,(H2,21,22)(H,23,31)(H,33,34)/t13?,17-/m1/s1. The van der Waals surface area contributed by atoms with Crippen molar-refractivity contribution in [1.82, 2.24) is 35.4 Å². The lowest BCUT2D eigenvalue weighted by Gasteiger charge is -2.49. The van der Waals surface area contributed by atoms with Crippen molar-refractivity contribution in [2.75, 3.05) is 31.0 Å². The highest BCUT2D eigenvalue weighted by Gasteiger charge is 2.54. The van der Waals surface area contributed by atoms with Crippen molar-refractivity contribution < 1.29 is 33.9 Å². The summed E-state index contributed by atoms with van der Waals surface area (Å²) in [6, 6.07) is -1.02. The summed E-state index contributed by atoms with van der Waals surface area (Å²) in [4.78, 5) is 59.8. The zero-order valence-electron chi connectivity index (χ0n) is 20.0. The van der Waals surface area contributed by atoms with Gasteiger partial charge in [0.05, 0.1) is 7.11 Å². The molecule has 4 rings (SSSR count). The molecule has 0 spiro atoms. The van der Waals surface area contributed by atoms with Crippen LogP contribution in [0, 0.1) is 12.3 Å². The molecule has 16 nitrogen and oxygen atoms in total. The smallest absolute Gasteiger partial charge is 0.352 e. The number of rotatable bonds is 11. The number of nitrogens with zero attached hydrogens (tertiary/aromatic N) is 7. The van der Waals surface area contributed by atoms with Gasteiger partial charge in [0.1, 0.15) is 29.4 Å². The number of carboxylic acids is 1. The van der Waals surface area contributed by atoms with Gasteiger partial charge in [-0.25, -0.2) is 14.5 Å². The number of carbonyl (C=O) groups is 4. The molecule has 2 atom stereocenters. The van der Waals surface area contributed by atoms with Crippen LogP contribution in [0.4, 0.5) is 5.13 Å². The van der Waals surface area contributed by atoms with Gasteiger partial charge < -0.3 is 25.7 Å². The van der Waals surface area contributed by atoms with Crippen molar-refractivity contribution in [3.8, 4) is 12.3 Å². The van der Waals surface area contributed by atoms with E-state index >= 15 is 0 Å². The predicted molar refractivity (Wildman–Crippen MR) is 138 cm³/mol. The molecule has 0 aliphatic carbocycles. The summed E-state index contributed by atoms with van der Waals surface area (Å²) < 4.78 is 5.83. The number of nitrogen functional groups attached to an aromatic ring is 1. The van der Waals surface area contributed by atoms with Gasteiger partial charge in [0, 0.05) is 16.9 Å². The maximum absolute atomic E-state index is 13.0. The molecule has 19 heteroatoms. The minimum atomic E-state index is -1.30. The Kier molecular flexibility index (Phi) is 8.68. The fraction of sp³-hybridized carbons (Fsp3) is 0.350. The van der Waals surface area contributed by atoms with Crippen LogP contribution in [0.5, 0.6) is 0 Å². The zero-order valence-corrected chi connectivity index (χ0v) is 22.4. The van der Waals surface area contributed by atoms with Gasteiger partial charge in [-0.2, -0.15) is 0 Å². The fourth-order valence-electron chi connectivity index (χ4n) is 3.48. The van der Waals surface area contributed by atoms with Crippen molar-refractivity contribution in [1.29, 1.82) is 0 Å². The third-order valence-electron chi connectivity index (χ3n) is 5.20. The Balaban J connectivity index is 1.47. The SMILES string of the molecule is C#CCON=C(C(=O)NC1C(=O)N2C(C(=O)O)=C(CSc3nnnn3CC(=O)OC)CS[C@H]12)c1csc(N)n1. The highest BCUT2D eigenvalue weighted by molar-refractivity contribution is 8.01. The number of thiazole rings is 1. The van der Waals surface area contributed by atoms with Crippen molar-refractivity contribution >= 4 is 69.5 Å². The summed E-state index contributed by atoms with van der Waals surface area (Å²) in [6.07, 6.45) is 5.15. The van der Waals surface area contributed by atoms with Gasteiger partial charge in [0.2, 0.25) is 5.16 Å². The Morgan fingerprint density at radius 1 is 1.44 bits per heavy atom. The van der Waals surface area contributed by atoms with Crippen LogP contribution in [0.25, 0.3) is 0 Å². The average Bonchev–Trinajstić information content (AvgIpc) is 3.55. The van der Waals surface area contributed by atoms with Crippen LogP contribution in [-0.4, -0.2) is 101 Å². The van der Waals surface area contributed by atoms with Gasteiger partial charge in [0.25, 0.3) is 11.8 Å². The second-order valence-electron chi connectivity index (χ2n) is 7.59. The number of nitrogens with two attached hydrogens (primary N) is 1. The Bertz CT molecular complexity index is 1410. The van der Waals surface area contributed by atoms with E-state index < -0.39 is 35.2 Å². The Labute approximate surface area is 232 Å². The highest BCUT2D eigenvalue weighted by atomic mass is 32.2. The first kappa shape index (κ1) is 27.9. The van der Waals surface area contributed by atoms with E-state index in [-0.39, 0.29) is 52.0 Å². The first-order valence-electron chi connectivity index (χ1n) is 10.8. The molecule has 39 heavy (non-hydrogen) atoms. The number of thioether (sulfide) groups is 2. The zero-order chi connectivity index (χ0) is 28.1. The van der Waals surface area contributed by atoms with Crippen molar-refractivity contribution in [3.63, 3.8) is 0 Å². The maximum atomic E-state index is 13.0. The molecule has 2 amide bonds. The van der Waals surface area contributed by atoms with Gasteiger partial charge in [0.15, 0.2) is 17.5 Å². The quantitative estimate of drug-likeness (QED) is 0.0529. The topological polar surface area (TPSA) is 217 Å². The third-order valence-corrected chi connectivity index (χ3v) is 8.26. The number of esters is 1. The first-order valence-corrected chi connectivity index (χ1v) is 13.7. The lowest BCUT2D eigenvalue weighted by molar-refractivity contribution is -0.150. The number of β-lactam (4-membered cyclic amide) rings is 1. The number of methoxy groups -OCH3 is 1. The number of carbonyl (C=O) groups excluding carboxylic acids is 3. The number of tetrazole rings is 1. The van der Waals surface area contributed by atoms with Gasteiger partial charge in [-0.05, 0) is 16.0 Å². The van der Waals surface area contributed by atoms with Gasteiger partial charge in [-0.1, -0.05) is 22.8 Å². The minimum Gasteiger partial charge on any atom is -0.477 e. The molecule has 2 aliphatic heterocycles. The molecule has 0 radical (unpaired) electrons. The number of anilines is 1. The van der Waals surface area contributed by atoms with Gasteiger partial charge >= 0.3 is 11.9 Å². The van der Waals surface area contributed by atoms with E-state index in [0.717, 1.165) is 28.0 Å². The summed E-state index contributed by atoms with van der Waals surface area (Å²) in [7, 11) is 1.23. The summed E-state index contributed by atoms with van der Waals surface area (Å²) in [6.45, 7) is -0.417. The van der Waals surface area contributed by atoms with E-state index in [9.17, 15) is 24.3 Å². The Morgan fingerprint density at radius 2 is 2.23 bits per heavy atom. The van der Waals surface area contributed by atoms with E-state index in [1.165, 1.54) is 28.9 Å². The first-order chi connectivity index (χ1) is 18.7. The van der Waals surface area contributed by atoms with Crippen LogP contribution in [0.2, 0.25) is 0 Å². The molecule has 0 bridgehead atoms. The Morgan fingerprint density at radius 3 is 2.90 bits per heavy atom. The number of nitrogens with one attached hydrogen (secondary N) is 1. The number of hydrogen-bond acceptors (Lipinski definition) is 15. The largest absolute Gasteiger partial charge is 0.477 e. The number of aromatic nitrogens is 5. The lowest BCUT2D eigenvalue weighted by atomic mass is 10.0. The summed E-state index contributed by atoms with van der Waals surface area (Å²) >= 11 is 3.46. The predicted octanol–water partition coefficient (Wildman–Crippen LogP) is -1.23. The van der Waals surface area contributed by atoms with E-state index in [2.05, 4.69) is 41.6 Å². The van der Waals surface area contributed by atoms with E-state index in [1.807, 2.05) is 0 Å². The summed E-state index contributed by atoms with van der Waals surface area (Å²) in [5.41, 5.74) is 5.81. The molecule has 204 valence electrons. The molecule has 4 heterocycles. The monoisotopic (exact) mass is 593 g/mol. The van der Waals surface area contributed by atoms with Crippen molar-refractivity contribution in [2.24, 2.45) is 5.16 Å².